The zero-order chi connectivity index (χ0) is 13.4. The van der Waals surface area contributed by atoms with Gasteiger partial charge in [-0.2, -0.15) is 0 Å². The summed E-state index contributed by atoms with van der Waals surface area (Å²) in [5, 5.41) is 3.43. The quantitative estimate of drug-likeness (QED) is 0.883. The Balaban J connectivity index is 1.74. The fourth-order valence-electron chi connectivity index (χ4n) is 3.56. The number of likely N-dealkylation sites (N-methyl/N-ethyl adjacent to an activating group) is 1. The third kappa shape index (κ3) is 2.27. The van der Waals surface area contributed by atoms with Crippen LogP contribution in [0, 0.1) is 18.8 Å². The fourth-order valence-corrected chi connectivity index (χ4v) is 3.56. The molecule has 1 aromatic carbocycles. The summed E-state index contributed by atoms with van der Waals surface area (Å²) in [5.74, 6) is 1.50. The van der Waals surface area contributed by atoms with E-state index < -0.39 is 0 Å². The molecule has 0 bridgehead atoms. The van der Waals surface area contributed by atoms with Crippen molar-refractivity contribution in [1.29, 1.82) is 0 Å². The molecule has 1 aromatic rings. The van der Waals surface area contributed by atoms with E-state index in [4.69, 9.17) is 0 Å². The molecule has 19 heavy (non-hydrogen) atoms. The molecule has 3 atom stereocenters. The molecule has 1 saturated carbocycles. The minimum Gasteiger partial charge on any atom is -0.314 e. The van der Waals surface area contributed by atoms with E-state index in [0.29, 0.717) is 5.92 Å². The van der Waals surface area contributed by atoms with Gasteiger partial charge in [0.05, 0.1) is 6.04 Å². The first-order valence-corrected chi connectivity index (χ1v) is 7.24. The molecule has 102 valence electrons. The molecule has 1 aliphatic carbocycles. The SMILES string of the molecule is Cc1ccc(N(C)C(=O)C2NCC3CCCC32)cc1. The van der Waals surface area contributed by atoms with Crippen molar-refractivity contribution in [2.75, 3.05) is 18.5 Å². The maximum atomic E-state index is 12.6. The predicted molar refractivity (Wildman–Crippen MR) is 77.2 cm³/mol. The highest BCUT2D eigenvalue weighted by molar-refractivity contribution is 5.97. The van der Waals surface area contributed by atoms with Gasteiger partial charge in [0, 0.05) is 12.7 Å². The second kappa shape index (κ2) is 4.97. The summed E-state index contributed by atoms with van der Waals surface area (Å²) in [5.41, 5.74) is 2.21. The van der Waals surface area contributed by atoms with E-state index in [0.717, 1.165) is 18.2 Å². The molecular weight excluding hydrogens is 236 g/mol. The molecule has 1 heterocycles. The van der Waals surface area contributed by atoms with E-state index in [2.05, 4.69) is 24.4 Å². The summed E-state index contributed by atoms with van der Waals surface area (Å²) in [6.45, 7) is 3.08. The van der Waals surface area contributed by atoms with Crippen molar-refractivity contribution >= 4 is 11.6 Å². The molecule has 3 nitrogen and oxygen atoms in total. The monoisotopic (exact) mass is 258 g/mol. The van der Waals surface area contributed by atoms with Crippen molar-refractivity contribution in [3.05, 3.63) is 29.8 Å². The van der Waals surface area contributed by atoms with Crippen LogP contribution in [0.1, 0.15) is 24.8 Å². The van der Waals surface area contributed by atoms with Crippen molar-refractivity contribution in [3.8, 4) is 0 Å². The third-order valence-electron chi connectivity index (χ3n) is 4.76. The Morgan fingerprint density at radius 1 is 1.26 bits per heavy atom. The van der Waals surface area contributed by atoms with Crippen LogP contribution in [-0.2, 0) is 4.79 Å². The summed E-state index contributed by atoms with van der Waals surface area (Å²) in [6.07, 6.45) is 3.78. The summed E-state index contributed by atoms with van der Waals surface area (Å²) in [7, 11) is 1.89. The van der Waals surface area contributed by atoms with Crippen LogP contribution in [0.5, 0.6) is 0 Å². The van der Waals surface area contributed by atoms with Gasteiger partial charge in [-0.25, -0.2) is 0 Å². The topological polar surface area (TPSA) is 32.3 Å². The highest BCUT2D eigenvalue weighted by atomic mass is 16.2. The molecule has 2 aliphatic rings. The van der Waals surface area contributed by atoms with Crippen LogP contribution in [0.15, 0.2) is 24.3 Å². The maximum Gasteiger partial charge on any atom is 0.244 e. The van der Waals surface area contributed by atoms with Crippen LogP contribution in [0.3, 0.4) is 0 Å². The van der Waals surface area contributed by atoms with Crippen LogP contribution in [0.4, 0.5) is 5.69 Å². The Morgan fingerprint density at radius 2 is 2.00 bits per heavy atom. The van der Waals surface area contributed by atoms with Gasteiger partial charge in [0.2, 0.25) is 5.91 Å². The molecule has 0 radical (unpaired) electrons. The van der Waals surface area contributed by atoms with Gasteiger partial charge in [0.15, 0.2) is 0 Å². The summed E-state index contributed by atoms with van der Waals surface area (Å²) in [6, 6.07) is 8.18. The zero-order valence-electron chi connectivity index (χ0n) is 11.7. The van der Waals surface area contributed by atoms with Crippen LogP contribution in [-0.4, -0.2) is 25.5 Å². The van der Waals surface area contributed by atoms with Gasteiger partial charge in [-0.15, -0.1) is 0 Å². The van der Waals surface area contributed by atoms with E-state index >= 15 is 0 Å². The van der Waals surface area contributed by atoms with E-state index in [1.165, 1.54) is 24.8 Å². The number of hydrogen-bond acceptors (Lipinski definition) is 2. The molecule has 0 spiro atoms. The highest BCUT2D eigenvalue weighted by Crippen LogP contribution is 2.38. The molecule has 1 N–H and O–H groups in total. The Kier molecular flexibility index (Phi) is 3.31. The van der Waals surface area contributed by atoms with Crippen molar-refractivity contribution in [2.24, 2.45) is 11.8 Å². The van der Waals surface area contributed by atoms with Crippen molar-refractivity contribution in [2.45, 2.75) is 32.2 Å². The van der Waals surface area contributed by atoms with E-state index in [1.807, 2.05) is 19.2 Å². The smallest absolute Gasteiger partial charge is 0.244 e. The van der Waals surface area contributed by atoms with E-state index in [1.54, 1.807) is 4.90 Å². The first-order valence-electron chi connectivity index (χ1n) is 7.24. The van der Waals surface area contributed by atoms with Crippen LogP contribution >= 0.6 is 0 Å². The molecule has 1 amide bonds. The number of carbonyl (C=O) groups excluding carboxylic acids is 1. The normalized spacial score (nSPS) is 29.3. The number of nitrogens with zero attached hydrogens (tertiary/aromatic N) is 1. The average Bonchev–Trinajstić information content (AvgIpc) is 3.00. The summed E-state index contributed by atoms with van der Waals surface area (Å²) < 4.78 is 0. The molecule has 2 fully saturated rings. The van der Waals surface area contributed by atoms with E-state index in [9.17, 15) is 4.79 Å². The minimum atomic E-state index is 0.0267. The number of hydrogen-bond donors (Lipinski definition) is 1. The Bertz CT molecular complexity index is 468. The first kappa shape index (κ1) is 12.7. The summed E-state index contributed by atoms with van der Waals surface area (Å²) >= 11 is 0. The van der Waals surface area contributed by atoms with Gasteiger partial charge in [0.1, 0.15) is 0 Å². The highest BCUT2D eigenvalue weighted by Gasteiger charge is 2.43. The number of anilines is 1. The van der Waals surface area contributed by atoms with Gasteiger partial charge in [-0.05, 0) is 50.3 Å². The fraction of sp³-hybridized carbons (Fsp3) is 0.562. The standard InChI is InChI=1S/C16H22N2O/c1-11-6-8-13(9-7-11)18(2)16(19)15-14-5-3-4-12(14)10-17-15/h6-9,12,14-15,17H,3-5,10H2,1-2H3. The molecule has 3 rings (SSSR count). The number of fused-ring (bicyclic) bond motifs is 1. The molecular formula is C16H22N2O. The van der Waals surface area contributed by atoms with Crippen LogP contribution in [0.25, 0.3) is 0 Å². The average molecular weight is 258 g/mol. The third-order valence-corrected chi connectivity index (χ3v) is 4.76. The number of rotatable bonds is 2. The Morgan fingerprint density at radius 3 is 2.74 bits per heavy atom. The number of benzene rings is 1. The van der Waals surface area contributed by atoms with E-state index in [-0.39, 0.29) is 11.9 Å². The summed E-state index contributed by atoms with van der Waals surface area (Å²) in [4.78, 5) is 14.4. The number of carbonyl (C=O) groups is 1. The lowest BCUT2D eigenvalue weighted by molar-refractivity contribution is -0.120. The van der Waals surface area contributed by atoms with Gasteiger partial charge < -0.3 is 10.2 Å². The lowest BCUT2D eigenvalue weighted by Crippen LogP contribution is -2.44. The van der Waals surface area contributed by atoms with Gasteiger partial charge in [0.25, 0.3) is 0 Å². The Labute approximate surface area is 115 Å². The number of amides is 1. The van der Waals surface area contributed by atoms with Gasteiger partial charge in [-0.3, -0.25) is 4.79 Å². The maximum absolute atomic E-state index is 12.6. The predicted octanol–water partition coefficient (Wildman–Crippen LogP) is 2.35. The zero-order valence-corrected chi connectivity index (χ0v) is 11.7. The largest absolute Gasteiger partial charge is 0.314 e. The number of nitrogens with one attached hydrogen (secondary N) is 1. The molecule has 3 unspecified atom stereocenters. The molecule has 1 saturated heterocycles. The lowest BCUT2D eigenvalue weighted by atomic mass is 9.93. The van der Waals surface area contributed by atoms with Crippen LogP contribution in [0.2, 0.25) is 0 Å². The van der Waals surface area contributed by atoms with Crippen molar-refractivity contribution in [3.63, 3.8) is 0 Å². The minimum absolute atomic E-state index is 0.0267. The van der Waals surface area contributed by atoms with Crippen molar-refractivity contribution in [1.82, 2.24) is 5.32 Å². The number of aryl methyl sites for hydroxylation is 1. The lowest BCUT2D eigenvalue weighted by Gasteiger charge is -2.24. The Hall–Kier alpha value is -1.35. The molecule has 3 heteroatoms. The molecule has 0 aromatic heterocycles. The van der Waals surface area contributed by atoms with Gasteiger partial charge in [-0.1, -0.05) is 24.1 Å². The first-order chi connectivity index (χ1) is 9.16. The van der Waals surface area contributed by atoms with Crippen molar-refractivity contribution < 1.29 is 4.79 Å². The molecule has 1 aliphatic heterocycles. The van der Waals surface area contributed by atoms with Crippen LogP contribution < -0.4 is 10.2 Å². The second-order valence-corrected chi connectivity index (χ2v) is 5.97. The van der Waals surface area contributed by atoms with Gasteiger partial charge >= 0.3 is 0 Å². The second-order valence-electron chi connectivity index (χ2n) is 5.97.